The van der Waals surface area contributed by atoms with Gasteiger partial charge in [0, 0.05) is 0 Å². The fourth-order valence-corrected chi connectivity index (χ4v) is 1.09. The summed E-state index contributed by atoms with van der Waals surface area (Å²) in [5, 5.41) is 0. The van der Waals surface area contributed by atoms with Gasteiger partial charge in [-0.15, -0.1) is 11.6 Å². The molecular formula is C9H8ClNO3. The first-order valence-electron chi connectivity index (χ1n) is 3.83. The highest BCUT2D eigenvalue weighted by atomic mass is 35.5. The van der Waals surface area contributed by atoms with Crippen molar-refractivity contribution < 1.29 is 14.4 Å². The van der Waals surface area contributed by atoms with Crippen LogP contribution in [0.3, 0.4) is 0 Å². The van der Waals surface area contributed by atoms with Crippen LogP contribution in [0.15, 0.2) is 24.3 Å². The van der Waals surface area contributed by atoms with E-state index < -0.39 is 0 Å². The van der Waals surface area contributed by atoms with E-state index in [1.807, 2.05) is 5.48 Å². The molecule has 1 N–H and O–H groups in total. The van der Waals surface area contributed by atoms with Gasteiger partial charge in [-0.1, -0.05) is 12.1 Å². The number of ketones is 1. The lowest BCUT2D eigenvalue weighted by molar-refractivity contribution is -0.115. The summed E-state index contributed by atoms with van der Waals surface area (Å²) in [7, 11) is 0. The Balaban J connectivity index is 2.90. The van der Waals surface area contributed by atoms with E-state index in [0.717, 1.165) is 0 Å². The van der Waals surface area contributed by atoms with Crippen molar-refractivity contribution in [2.24, 2.45) is 0 Å². The molecule has 1 aromatic carbocycles. The van der Waals surface area contributed by atoms with E-state index in [1.54, 1.807) is 24.3 Å². The predicted molar refractivity (Wildman–Crippen MR) is 51.3 cm³/mol. The van der Waals surface area contributed by atoms with Crippen molar-refractivity contribution in [2.45, 2.75) is 0 Å². The quantitative estimate of drug-likeness (QED) is 0.346. The first-order valence-corrected chi connectivity index (χ1v) is 4.37. The lowest BCUT2D eigenvalue weighted by Crippen LogP contribution is -2.17. The number of Topliss-reactive ketones (excluding diaryl/α,β-unsaturated/α-hetero) is 1. The van der Waals surface area contributed by atoms with Crippen LogP contribution in [0.25, 0.3) is 0 Å². The SMILES string of the molecule is O=CNOc1ccccc1C(=O)CCl. The molecule has 5 heteroatoms. The van der Waals surface area contributed by atoms with Gasteiger partial charge in [-0.25, -0.2) is 0 Å². The average molecular weight is 214 g/mol. The van der Waals surface area contributed by atoms with E-state index in [2.05, 4.69) is 0 Å². The zero-order valence-corrected chi connectivity index (χ0v) is 7.95. The van der Waals surface area contributed by atoms with E-state index in [4.69, 9.17) is 16.4 Å². The van der Waals surface area contributed by atoms with Crippen molar-refractivity contribution >= 4 is 23.8 Å². The minimum atomic E-state index is -0.255. The number of carbonyl (C=O) groups is 2. The third-order valence-corrected chi connectivity index (χ3v) is 1.77. The van der Waals surface area contributed by atoms with E-state index in [0.29, 0.717) is 12.0 Å². The largest absolute Gasteiger partial charge is 0.379 e. The lowest BCUT2D eigenvalue weighted by atomic mass is 10.1. The molecule has 0 aliphatic rings. The van der Waals surface area contributed by atoms with Crippen molar-refractivity contribution in [3.63, 3.8) is 0 Å². The second-order valence-electron chi connectivity index (χ2n) is 2.39. The molecule has 0 saturated carbocycles. The first-order chi connectivity index (χ1) is 6.79. The number of hydroxylamine groups is 1. The van der Waals surface area contributed by atoms with Crippen molar-refractivity contribution in [3.8, 4) is 5.75 Å². The number of alkyl halides is 1. The maximum absolute atomic E-state index is 11.3. The van der Waals surface area contributed by atoms with Gasteiger partial charge in [0.05, 0.1) is 11.4 Å². The van der Waals surface area contributed by atoms with Gasteiger partial charge in [0.1, 0.15) is 0 Å². The fraction of sp³-hybridized carbons (Fsp3) is 0.111. The highest BCUT2D eigenvalue weighted by molar-refractivity contribution is 6.30. The molecule has 1 aromatic rings. The molecule has 0 spiro atoms. The fourth-order valence-electron chi connectivity index (χ4n) is 0.946. The van der Waals surface area contributed by atoms with Crippen molar-refractivity contribution in [1.82, 2.24) is 5.48 Å². The van der Waals surface area contributed by atoms with E-state index >= 15 is 0 Å². The van der Waals surface area contributed by atoms with Gasteiger partial charge in [-0.2, -0.15) is 5.48 Å². The van der Waals surface area contributed by atoms with Crippen LogP contribution in [0.4, 0.5) is 0 Å². The maximum atomic E-state index is 11.3. The number of benzene rings is 1. The first kappa shape index (κ1) is 10.5. The number of nitrogens with one attached hydrogen (secondary N) is 1. The van der Waals surface area contributed by atoms with Gasteiger partial charge in [0.25, 0.3) is 0 Å². The average Bonchev–Trinajstić information content (AvgIpc) is 2.25. The number of rotatable bonds is 5. The standard InChI is InChI=1S/C9H8ClNO3/c10-5-8(13)7-3-1-2-4-9(7)14-11-6-12/h1-4,6H,5H2,(H,11,12). The van der Waals surface area contributed by atoms with Crippen molar-refractivity contribution in [2.75, 3.05) is 5.88 Å². The van der Waals surface area contributed by atoms with Crippen LogP contribution in [-0.2, 0) is 4.79 Å². The normalized spacial score (nSPS) is 9.21. The Labute approximate surface area is 85.8 Å². The topological polar surface area (TPSA) is 55.4 Å². The third kappa shape index (κ3) is 2.47. The third-order valence-electron chi connectivity index (χ3n) is 1.53. The smallest absolute Gasteiger partial charge is 0.239 e. The molecule has 0 radical (unpaired) electrons. The highest BCUT2D eigenvalue weighted by Crippen LogP contribution is 2.17. The Hall–Kier alpha value is -1.55. The monoisotopic (exact) mass is 213 g/mol. The summed E-state index contributed by atoms with van der Waals surface area (Å²) in [6.45, 7) is 0. The molecule has 74 valence electrons. The molecule has 0 saturated heterocycles. The Morgan fingerprint density at radius 2 is 2.21 bits per heavy atom. The number of hydrogen-bond donors (Lipinski definition) is 1. The Bertz CT molecular complexity index is 341. The van der Waals surface area contributed by atoms with E-state index in [9.17, 15) is 9.59 Å². The summed E-state index contributed by atoms with van der Waals surface area (Å²) >= 11 is 5.40. The molecule has 0 fully saturated rings. The van der Waals surface area contributed by atoms with E-state index in [1.165, 1.54) is 0 Å². The maximum Gasteiger partial charge on any atom is 0.239 e. The molecule has 4 nitrogen and oxygen atoms in total. The van der Waals surface area contributed by atoms with Gasteiger partial charge in [0.15, 0.2) is 11.5 Å². The van der Waals surface area contributed by atoms with Crippen LogP contribution >= 0.6 is 11.6 Å². The molecule has 0 heterocycles. The van der Waals surface area contributed by atoms with Crippen LogP contribution in [0, 0.1) is 0 Å². The van der Waals surface area contributed by atoms with Gasteiger partial charge >= 0.3 is 0 Å². The van der Waals surface area contributed by atoms with Gasteiger partial charge < -0.3 is 4.84 Å². The van der Waals surface area contributed by atoms with Crippen molar-refractivity contribution in [1.29, 1.82) is 0 Å². The van der Waals surface area contributed by atoms with Gasteiger partial charge in [0.2, 0.25) is 6.41 Å². The summed E-state index contributed by atoms with van der Waals surface area (Å²) in [6, 6.07) is 6.52. The zero-order valence-electron chi connectivity index (χ0n) is 7.20. The molecule has 0 atom stereocenters. The van der Waals surface area contributed by atoms with Crippen LogP contribution in [0.1, 0.15) is 10.4 Å². The highest BCUT2D eigenvalue weighted by Gasteiger charge is 2.10. The van der Waals surface area contributed by atoms with Crippen molar-refractivity contribution in [3.05, 3.63) is 29.8 Å². The number of carbonyl (C=O) groups excluding carboxylic acids is 2. The molecule has 0 unspecified atom stereocenters. The van der Waals surface area contributed by atoms with Gasteiger partial charge in [-0.05, 0) is 12.1 Å². The molecule has 1 amide bonds. The van der Waals surface area contributed by atoms with Crippen LogP contribution in [-0.4, -0.2) is 18.1 Å². The predicted octanol–water partition coefficient (Wildman–Crippen LogP) is 1.15. The summed E-state index contributed by atoms with van der Waals surface area (Å²) < 4.78 is 0. The van der Waals surface area contributed by atoms with Gasteiger partial charge in [-0.3, -0.25) is 9.59 Å². The van der Waals surface area contributed by atoms with Crippen LogP contribution in [0.2, 0.25) is 0 Å². The second-order valence-corrected chi connectivity index (χ2v) is 2.66. The lowest BCUT2D eigenvalue weighted by Gasteiger charge is -2.06. The number of amides is 1. The van der Waals surface area contributed by atoms with E-state index in [-0.39, 0.29) is 17.4 Å². The number of para-hydroxylation sites is 1. The molecule has 1 rings (SSSR count). The Kier molecular flexibility index (Phi) is 3.94. The molecule has 0 bridgehead atoms. The minimum absolute atomic E-state index is 0.124. The summed E-state index contributed by atoms with van der Waals surface area (Å²) in [5.41, 5.74) is 2.35. The summed E-state index contributed by atoms with van der Waals surface area (Å²) in [4.78, 5) is 26.1. The molecular weight excluding hydrogens is 206 g/mol. The molecule has 0 aliphatic heterocycles. The zero-order chi connectivity index (χ0) is 10.4. The Morgan fingerprint density at radius 3 is 2.86 bits per heavy atom. The summed E-state index contributed by atoms with van der Waals surface area (Å²) in [6.07, 6.45) is 0.377. The summed E-state index contributed by atoms with van der Waals surface area (Å²) in [5.74, 6) is -0.0956. The second kappa shape index (κ2) is 5.24. The molecule has 0 aliphatic carbocycles. The Morgan fingerprint density at radius 1 is 1.50 bits per heavy atom. The minimum Gasteiger partial charge on any atom is -0.379 e. The molecule has 0 aromatic heterocycles. The number of hydrogen-bond acceptors (Lipinski definition) is 3. The molecule has 14 heavy (non-hydrogen) atoms. The number of halogens is 1. The van der Waals surface area contributed by atoms with Crippen LogP contribution in [0.5, 0.6) is 5.75 Å². The van der Waals surface area contributed by atoms with Crippen LogP contribution < -0.4 is 10.3 Å².